The fraction of sp³-hybridized carbons (Fsp3) is 0.412. The zero-order valence-electron chi connectivity index (χ0n) is 12.5. The second-order valence-corrected chi connectivity index (χ2v) is 5.59. The Bertz CT molecular complexity index is 548. The third kappa shape index (κ3) is 3.72. The van der Waals surface area contributed by atoms with E-state index in [2.05, 4.69) is 6.92 Å². The first-order chi connectivity index (χ1) is 10.0. The number of hydrogen-bond donors (Lipinski definition) is 1. The molecule has 21 heavy (non-hydrogen) atoms. The maximum absolute atomic E-state index is 12.1. The number of nitrogens with zero attached hydrogens (tertiary/aromatic N) is 1. The van der Waals surface area contributed by atoms with Gasteiger partial charge in [0.05, 0.1) is 5.92 Å². The van der Waals surface area contributed by atoms with Crippen molar-refractivity contribution >= 4 is 18.0 Å². The lowest BCUT2D eigenvalue weighted by atomic mass is 9.99. The molecule has 1 fully saturated rings. The van der Waals surface area contributed by atoms with E-state index in [9.17, 15) is 9.59 Å². The van der Waals surface area contributed by atoms with Crippen molar-refractivity contribution in [3.8, 4) is 0 Å². The Morgan fingerprint density at radius 1 is 1.29 bits per heavy atom. The van der Waals surface area contributed by atoms with Gasteiger partial charge in [0.1, 0.15) is 0 Å². The van der Waals surface area contributed by atoms with E-state index in [0.29, 0.717) is 13.1 Å². The van der Waals surface area contributed by atoms with Gasteiger partial charge >= 0.3 is 5.97 Å². The molecule has 1 aliphatic heterocycles. The van der Waals surface area contributed by atoms with Crippen molar-refractivity contribution in [1.82, 2.24) is 4.90 Å². The topological polar surface area (TPSA) is 57.6 Å². The van der Waals surface area contributed by atoms with Crippen LogP contribution >= 0.6 is 0 Å². The van der Waals surface area contributed by atoms with Crippen molar-refractivity contribution in [2.75, 3.05) is 13.1 Å². The Morgan fingerprint density at radius 2 is 1.95 bits per heavy atom. The van der Waals surface area contributed by atoms with Gasteiger partial charge in [-0.1, -0.05) is 38.1 Å². The predicted octanol–water partition coefficient (Wildman–Crippen LogP) is 2.44. The van der Waals surface area contributed by atoms with Gasteiger partial charge in [0.2, 0.25) is 5.91 Å². The molecule has 2 atom stereocenters. The summed E-state index contributed by atoms with van der Waals surface area (Å²) in [6.45, 7) is 4.78. The predicted molar refractivity (Wildman–Crippen MR) is 81.7 cm³/mol. The summed E-state index contributed by atoms with van der Waals surface area (Å²) >= 11 is 0. The molecule has 0 aliphatic carbocycles. The van der Waals surface area contributed by atoms with Crippen LogP contribution in [0.5, 0.6) is 0 Å². The van der Waals surface area contributed by atoms with Crippen molar-refractivity contribution in [2.24, 2.45) is 11.8 Å². The Labute approximate surface area is 125 Å². The highest BCUT2D eigenvalue weighted by Crippen LogP contribution is 2.23. The molecule has 1 aliphatic rings. The molecule has 0 aromatic heterocycles. The van der Waals surface area contributed by atoms with Gasteiger partial charge in [-0.3, -0.25) is 9.59 Å². The molecule has 2 rings (SSSR count). The van der Waals surface area contributed by atoms with Crippen molar-refractivity contribution in [3.63, 3.8) is 0 Å². The molecule has 1 aromatic rings. The first kappa shape index (κ1) is 15.3. The van der Waals surface area contributed by atoms with Crippen molar-refractivity contribution in [3.05, 3.63) is 41.5 Å². The number of aryl methyl sites for hydroxylation is 1. The van der Waals surface area contributed by atoms with Gasteiger partial charge in [0.25, 0.3) is 0 Å². The number of aliphatic carboxylic acids is 1. The molecular formula is C17H21NO3. The van der Waals surface area contributed by atoms with E-state index in [4.69, 9.17) is 5.11 Å². The quantitative estimate of drug-likeness (QED) is 0.865. The highest BCUT2D eigenvalue weighted by atomic mass is 16.4. The summed E-state index contributed by atoms with van der Waals surface area (Å²) in [6, 6.07) is 8.05. The number of likely N-dealkylation sites (tertiary alicyclic amines) is 1. The highest BCUT2D eigenvalue weighted by molar-refractivity contribution is 5.92. The molecule has 4 nitrogen and oxygen atoms in total. The number of hydrogen-bond acceptors (Lipinski definition) is 2. The molecule has 4 heteroatoms. The minimum absolute atomic E-state index is 0.00341. The molecule has 1 aromatic carbocycles. The number of carboxylic acid groups (broad SMARTS) is 1. The Kier molecular flexibility index (Phi) is 4.78. The third-order valence-corrected chi connectivity index (χ3v) is 4.05. The van der Waals surface area contributed by atoms with Crippen LogP contribution in [0.4, 0.5) is 0 Å². The van der Waals surface area contributed by atoms with Gasteiger partial charge in [0.15, 0.2) is 0 Å². The number of carbonyl (C=O) groups is 2. The monoisotopic (exact) mass is 287 g/mol. The van der Waals surface area contributed by atoms with Gasteiger partial charge < -0.3 is 10.0 Å². The zero-order chi connectivity index (χ0) is 15.4. The molecule has 0 radical (unpaired) electrons. The van der Waals surface area contributed by atoms with Crippen molar-refractivity contribution in [2.45, 2.75) is 20.3 Å². The first-order valence-electron chi connectivity index (χ1n) is 7.30. The fourth-order valence-electron chi connectivity index (χ4n) is 2.61. The minimum atomic E-state index is -0.822. The fourth-order valence-corrected chi connectivity index (χ4v) is 2.61. The molecule has 1 saturated heterocycles. The number of carboxylic acids is 1. The smallest absolute Gasteiger partial charge is 0.308 e. The van der Waals surface area contributed by atoms with E-state index < -0.39 is 11.9 Å². The second kappa shape index (κ2) is 6.57. The molecule has 2 unspecified atom stereocenters. The summed E-state index contributed by atoms with van der Waals surface area (Å²) in [5.41, 5.74) is 2.23. The molecule has 112 valence electrons. The van der Waals surface area contributed by atoms with Crippen LogP contribution < -0.4 is 0 Å². The second-order valence-electron chi connectivity index (χ2n) is 5.59. The maximum Gasteiger partial charge on any atom is 0.308 e. The number of amides is 1. The standard InChI is InChI=1S/C17H21NO3/c1-3-13-4-6-14(7-5-13)8-9-16(19)18-10-12(2)15(11-18)17(20)21/h4-9,12,15H,3,10-11H2,1-2H3,(H,20,21). The van der Waals surface area contributed by atoms with E-state index in [1.165, 1.54) is 11.6 Å². The van der Waals surface area contributed by atoms with Gasteiger partial charge in [-0.05, 0) is 29.5 Å². The van der Waals surface area contributed by atoms with Gasteiger partial charge in [-0.15, -0.1) is 0 Å². The average Bonchev–Trinajstić information content (AvgIpc) is 2.87. The van der Waals surface area contributed by atoms with Crippen molar-refractivity contribution < 1.29 is 14.7 Å². The summed E-state index contributed by atoms with van der Waals surface area (Å²) in [5.74, 6) is -1.39. The molecular weight excluding hydrogens is 266 g/mol. The van der Waals surface area contributed by atoms with E-state index in [1.807, 2.05) is 31.2 Å². The summed E-state index contributed by atoms with van der Waals surface area (Å²) in [7, 11) is 0. The number of carbonyl (C=O) groups excluding carboxylic acids is 1. The molecule has 0 bridgehead atoms. The number of benzene rings is 1. The van der Waals surface area contributed by atoms with Crippen LogP contribution in [0, 0.1) is 11.8 Å². The van der Waals surface area contributed by atoms with Crippen LogP contribution in [-0.2, 0) is 16.0 Å². The zero-order valence-corrected chi connectivity index (χ0v) is 12.5. The van der Waals surface area contributed by atoms with E-state index >= 15 is 0 Å². The molecule has 0 saturated carbocycles. The van der Waals surface area contributed by atoms with Gasteiger partial charge in [-0.2, -0.15) is 0 Å². The summed E-state index contributed by atoms with van der Waals surface area (Å²) in [4.78, 5) is 24.8. The van der Waals surface area contributed by atoms with Crippen LogP contribution in [0.1, 0.15) is 25.0 Å². The van der Waals surface area contributed by atoms with E-state index in [0.717, 1.165) is 12.0 Å². The lowest BCUT2D eigenvalue weighted by Crippen LogP contribution is -2.28. The van der Waals surface area contributed by atoms with Crippen LogP contribution in [0.3, 0.4) is 0 Å². The Morgan fingerprint density at radius 3 is 2.48 bits per heavy atom. The third-order valence-electron chi connectivity index (χ3n) is 4.05. The molecule has 0 spiro atoms. The van der Waals surface area contributed by atoms with Crippen LogP contribution in [0.15, 0.2) is 30.3 Å². The van der Waals surface area contributed by atoms with Crippen LogP contribution in [0.2, 0.25) is 0 Å². The molecule has 1 N–H and O–H groups in total. The molecule has 1 amide bonds. The summed E-state index contributed by atoms with van der Waals surface area (Å²) < 4.78 is 0. The Hall–Kier alpha value is -2.10. The van der Waals surface area contributed by atoms with Gasteiger partial charge in [-0.25, -0.2) is 0 Å². The van der Waals surface area contributed by atoms with Crippen LogP contribution in [0.25, 0.3) is 6.08 Å². The lowest BCUT2D eigenvalue weighted by Gasteiger charge is -2.12. The van der Waals surface area contributed by atoms with Gasteiger partial charge in [0, 0.05) is 19.2 Å². The summed E-state index contributed by atoms with van der Waals surface area (Å²) in [6.07, 6.45) is 4.30. The summed E-state index contributed by atoms with van der Waals surface area (Å²) in [5, 5.41) is 9.08. The minimum Gasteiger partial charge on any atom is -0.481 e. The van der Waals surface area contributed by atoms with Crippen molar-refractivity contribution in [1.29, 1.82) is 0 Å². The van der Waals surface area contributed by atoms with Crippen LogP contribution in [-0.4, -0.2) is 35.0 Å². The number of rotatable bonds is 4. The average molecular weight is 287 g/mol. The largest absolute Gasteiger partial charge is 0.481 e. The normalized spacial score (nSPS) is 21.9. The highest BCUT2D eigenvalue weighted by Gasteiger charge is 2.36. The lowest BCUT2D eigenvalue weighted by molar-refractivity contribution is -0.142. The Balaban J connectivity index is 1.98. The maximum atomic E-state index is 12.1. The van der Waals surface area contributed by atoms with E-state index in [-0.39, 0.29) is 11.8 Å². The first-order valence-corrected chi connectivity index (χ1v) is 7.30. The molecule has 1 heterocycles. The SMILES string of the molecule is CCc1ccc(C=CC(=O)N2CC(C)C(C(=O)O)C2)cc1. The van der Waals surface area contributed by atoms with E-state index in [1.54, 1.807) is 11.0 Å².